The van der Waals surface area contributed by atoms with Crippen LogP contribution in [-0.4, -0.2) is 44.2 Å². The molecule has 31 heavy (non-hydrogen) atoms. The first-order valence-corrected chi connectivity index (χ1v) is 11.5. The average molecular weight is 431 g/mol. The van der Waals surface area contributed by atoms with Crippen LogP contribution in [0, 0.1) is 0 Å². The van der Waals surface area contributed by atoms with Gasteiger partial charge in [-0.2, -0.15) is 0 Å². The van der Waals surface area contributed by atoms with E-state index in [-0.39, 0.29) is 6.03 Å². The molecule has 0 aromatic heterocycles. The molecule has 0 bridgehead atoms. The molecule has 1 fully saturated rings. The van der Waals surface area contributed by atoms with Gasteiger partial charge in [0.1, 0.15) is 0 Å². The highest BCUT2D eigenvalue weighted by molar-refractivity contribution is 7.99. The molecular formula is C25H26N4OS. The SMILES string of the molecule is CN1CCN(c2ccc(CNC(=O)N3c4ccccc4Sc4ccccc43)cc2)CC1. The molecule has 1 N–H and O–H groups in total. The van der Waals surface area contributed by atoms with Crippen LogP contribution in [0.5, 0.6) is 0 Å². The molecular weight excluding hydrogens is 404 g/mol. The van der Waals surface area contributed by atoms with Gasteiger partial charge in [-0.1, -0.05) is 48.2 Å². The van der Waals surface area contributed by atoms with Gasteiger partial charge in [-0.25, -0.2) is 4.79 Å². The first-order valence-electron chi connectivity index (χ1n) is 10.7. The number of piperazine rings is 1. The van der Waals surface area contributed by atoms with Gasteiger partial charge in [0.05, 0.1) is 11.4 Å². The van der Waals surface area contributed by atoms with E-state index < -0.39 is 0 Å². The number of likely N-dealkylation sites (N-methyl/N-ethyl adjacent to an activating group) is 1. The summed E-state index contributed by atoms with van der Waals surface area (Å²) in [5, 5.41) is 3.11. The topological polar surface area (TPSA) is 38.8 Å². The summed E-state index contributed by atoms with van der Waals surface area (Å²) >= 11 is 1.70. The number of anilines is 3. The van der Waals surface area contributed by atoms with Crippen molar-refractivity contribution in [2.75, 3.05) is 43.0 Å². The van der Waals surface area contributed by atoms with Crippen LogP contribution < -0.4 is 15.1 Å². The first-order chi connectivity index (χ1) is 15.2. The molecule has 3 aromatic rings. The fourth-order valence-electron chi connectivity index (χ4n) is 4.07. The molecule has 0 radical (unpaired) electrons. The second kappa shape index (κ2) is 8.65. The highest BCUT2D eigenvalue weighted by atomic mass is 32.2. The zero-order valence-corrected chi connectivity index (χ0v) is 18.4. The fourth-order valence-corrected chi connectivity index (χ4v) is 5.13. The van der Waals surface area contributed by atoms with Gasteiger partial charge >= 0.3 is 6.03 Å². The Kier molecular flexibility index (Phi) is 5.57. The summed E-state index contributed by atoms with van der Waals surface area (Å²) in [4.78, 5) is 22.0. The van der Waals surface area contributed by atoms with E-state index in [2.05, 4.69) is 58.6 Å². The Hall–Kier alpha value is -2.96. The van der Waals surface area contributed by atoms with Crippen molar-refractivity contribution in [2.24, 2.45) is 0 Å². The first kappa shape index (κ1) is 20.0. The minimum atomic E-state index is -0.108. The Labute approximate surface area is 187 Å². The number of fused-ring (bicyclic) bond motifs is 2. The van der Waals surface area contributed by atoms with Crippen LogP contribution in [0.4, 0.5) is 21.9 Å². The van der Waals surface area contributed by atoms with Gasteiger partial charge in [0.2, 0.25) is 0 Å². The van der Waals surface area contributed by atoms with Crippen molar-refractivity contribution in [3.05, 3.63) is 78.4 Å². The van der Waals surface area contributed by atoms with E-state index in [4.69, 9.17) is 0 Å². The van der Waals surface area contributed by atoms with Crippen molar-refractivity contribution >= 4 is 34.9 Å². The second-order valence-corrected chi connectivity index (χ2v) is 9.07. The largest absolute Gasteiger partial charge is 0.369 e. The van der Waals surface area contributed by atoms with Gasteiger partial charge in [-0.15, -0.1) is 0 Å². The van der Waals surface area contributed by atoms with E-state index in [1.54, 1.807) is 16.7 Å². The third kappa shape index (κ3) is 4.13. The van der Waals surface area contributed by atoms with E-state index in [1.807, 2.05) is 36.4 Å². The number of para-hydroxylation sites is 2. The number of carbonyl (C=O) groups is 1. The molecule has 6 heteroatoms. The molecule has 3 aromatic carbocycles. The second-order valence-electron chi connectivity index (χ2n) is 7.99. The quantitative estimate of drug-likeness (QED) is 0.638. The van der Waals surface area contributed by atoms with Crippen molar-refractivity contribution in [3.8, 4) is 0 Å². The van der Waals surface area contributed by atoms with Gasteiger partial charge < -0.3 is 15.1 Å². The van der Waals surface area contributed by atoms with Crippen molar-refractivity contribution in [1.29, 1.82) is 0 Å². The van der Waals surface area contributed by atoms with Crippen molar-refractivity contribution in [3.63, 3.8) is 0 Å². The lowest BCUT2D eigenvalue weighted by atomic mass is 10.1. The Bertz CT molecular complexity index is 1030. The van der Waals surface area contributed by atoms with E-state index in [0.29, 0.717) is 6.54 Å². The average Bonchev–Trinajstić information content (AvgIpc) is 2.82. The molecule has 0 spiro atoms. The van der Waals surface area contributed by atoms with E-state index in [9.17, 15) is 4.79 Å². The molecule has 0 unspecified atom stereocenters. The number of benzene rings is 3. The molecule has 0 aliphatic carbocycles. The minimum absolute atomic E-state index is 0.108. The van der Waals surface area contributed by atoms with Crippen LogP contribution in [0.15, 0.2) is 82.6 Å². The number of urea groups is 1. The highest BCUT2D eigenvalue weighted by Crippen LogP contribution is 2.47. The van der Waals surface area contributed by atoms with Crippen LogP contribution >= 0.6 is 11.8 Å². The number of nitrogens with one attached hydrogen (secondary N) is 1. The van der Waals surface area contributed by atoms with Crippen LogP contribution in [0.25, 0.3) is 0 Å². The summed E-state index contributed by atoms with van der Waals surface area (Å²) in [6.07, 6.45) is 0. The summed E-state index contributed by atoms with van der Waals surface area (Å²) in [5.41, 5.74) is 4.20. The lowest BCUT2D eigenvalue weighted by molar-refractivity contribution is 0.248. The maximum absolute atomic E-state index is 13.2. The lowest BCUT2D eigenvalue weighted by Crippen LogP contribution is -2.44. The van der Waals surface area contributed by atoms with Gasteiger partial charge in [-0.3, -0.25) is 4.90 Å². The molecule has 2 aliphatic rings. The molecule has 5 nitrogen and oxygen atoms in total. The highest BCUT2D eigenvalue weighted by Gasteiger charge is 2.27. The molecule has 2 amide bonds. The minimum Gasteiger partial charge on any atom is -0.369 e. The number of amides is 2. The van der Waals surface area contributed by atoms with E-state index in [1.165, 1.54) is 5.69 Å². The molecule has 2 aliphatic heterocycles. The number of hydrogen-bond acceptors (Lipinski definition) is 4. The standard InChI is InChI=1S/C25H26N4OS/c1-27-14-16-28(17-15-27)20-12-10-19(11-13-20)18-26-25(30)29-21-6-2-4-8-23(21)31-24-9-5-3-7-22(24)29/h2-13H,14-18H2,1H3,(H,26,30). The Morgan fingerprint density at radius 2 is 1.42 bits per heavy atom. The molecule has 0 atom stereocenters. The summed E-state index contributed by atoms with van der Waals surface area (Å²) in [6.45, 7) is 4.79. The zero-order valence-electron chi connectivity index (χ0n) is 17.6. The van der Waals surface area contributed by atoms with Gasteiger partial charge in [0, 0.05) is 48.2 Å². The van der Waals surface area contributed by atoms with Gasteiger partial charge in [0.15, 0.2) is 0 Å². The van der Waals surface area contributed by atoms with Gasteiger partial charge in [-0.05, 0) is 49.0 Å². The Balaban J connectivity index is 1.29. The molecule has 1 saturated heterocycles. The molecule has 2 heterocycles. The van der Waals surface area contributed by atoms with Crippen LogP contribution in [0.1, 0.15) is 5.56 Å². The maximum Gasteiger partial charge on any atom is 0.326 e. The van der Waals surface area contributed by atoms with Crippen LogP contribution in [0.2, 0.25) is 0 Å². The Morgan fingerprint density at radius 1 is 0.839 bits per heavy atom. The van der Waals surface area contributed by atoms with Crippen molar-refractivity contribution in [1.82, 2.24) is 10.2 Å². The Morgan fingerprint density at radius 3 is 2.03 bits per heavy atom. The number of hydrogen-bond donors (Lipinski definition) is 1. The third-order valence-electron chi connectivity index (χ3n) is 5.88. The summed E-state index contributed by atoms with van der Waals surface area (Å²) < 4.78 is 0. The number of nitrogens with zero attached hydrogens (tertiary/aromatic N) is 3. The van der Waals surface area contributed by atoms with E-state index in [0.717, 1.165) is 52.9 Å². The predicted octanol–water partition coefficient (Wildman–Crippen LogP) is 4.95. The predicted molar refractivity (Wildman–Crippen MR) is 128 cm³/mol. The third-order valence-corrected chi connectivity index (χ3v) is 7.01. The maximum atomic E-state index is 13.2. The monoisotopic (exact) mass is 430 g/mol. The number of carbonyl (C=O) groups excluding carboxylic acids is 1. The normalized spacial score (nSPS) is 15.9. The molecule has 5 rings (SSSR count). The fraction of sp³-hybridized carbons (Fsp3) is 0.240. The number of rotatable bonds is 3. The van der Waals surface area contributed by atoms with Gasteiger partial charge in [0.25, 0.3) is 0 Å². The smallest absolute Gasteiger partial charge is 0.326 e. The summed E-state index contributed by atoms with van der Waals surface area (Å²) in [7, 11) is 2.17. The van der Waals surface area contributed by atoms with Crippen LogP contribution in [-0.2, 0) is 6.54 Å². The van der Waals surface area contributed by atoms with Crippen molar-refractivity contribution in [2.45, 2.75) is 16.3 Å². The summed E-state index contributed by atoms with van der Waals surface area (Å²) in [6, 6.07) is 24.5. The molecule has 158 valence electrons. The van der Waals surface area contributed by atoms with Crippen LogP contribution in [0.3, 0.4) is 0 Å². The van der Waals surface area contributed by atoms with E-state index >= 15 is 0 Å². The lowest BCUT2D eigenvalue weighted by Gasteiger charge is -2.34. The van der Waals surface area contributed by atoms with Crippen molar-refractivity contribution < 1.29 is 4.79 Å². The molecule has 0 saturated carbocycles. The summed E-state index contributed by atoms with van der Waals surface area (Å²) in [5.74, 6) is 0. The zero-order chi connectivity index (χ0) is 21.2.